The number of methoxy groups -OCH3 is 1. The topological polar surface area (TPSA) is 71.0 Å². The van der Waals surface area contributed by atoms with Crippen LogP contribution in [0.3, 0.4) is 0 Å². The smallest absolute Gasteiger partial charge is 0.242 e. The Hall–Kier alpha value is -2.80. The molecule has 0 aromatic heterocycles. The summed E-state index contributed by atoms with van der Waals surface area (Å²) < 4.78 is 5.27. The fraction of sp³-hybridized carbons (Fsp3) is 0.348. The van der Waals surface area contributed by atoms with Crippen molar-refractivity contribution in [1.29, 1.82) is 0 Å². The van der Waals surface area contributed by atoms with E-state index in [4.69, 9.17) is 9.73 Å². The molecule has 1 fully saturated rings. The van der Waals surface area contributed by atoms with Crippen molar-refractivity contribution in [2.24, 2.45) is 4.99 Å². The summed E-state index contributed by atoms with van der Waals surface area (Å²) >= 11 is 1.36. The highest BCUT2D eigenvalue weighted by molar-refractivity contribution is 8.15. The molecular formula is C23H27N3O3S. The lowest BCUT2D eigenvalue weighted by molar-refractivity contribution is -0.128. The number of hydrogen-bond donors (Lipinski definition) is 1. The molecule has 30 heavy (non-hydrogen) atoms. The number of nitrogens with zero attached hydrogens (tertiary/aromatic N) is 2. The number of aryl methyl sites for hydroxylation is 2. The van der Waals surface area contributed by atoms with E-state index in [9.17, 15) is 9.59 Å². The van der Waals surface area contributed by atoms with Gasteiger partial charge in [-0.2, -0.15) is 0 Å². The minimum Gasteiger partial charge on any atom is -0.495 e. The average molecular weight is 426 g/mol. The molecule has 0 unspecified atom stereocenters. The second-order valence-corrected chi connectivity index (χ2v) is 8.46. The Morgan fingerprint density at radius 1 is 1.20 bits per heavy atom. The minimum absolute atomic E-state index is 0.0693. The monoisotopic (exact) mass is 425 g/mol. The van der Waals surface area contributed by atoms with Crippen LogP contribution in [0.15, 0.2) is 47.5 Å². The molecule has 1 atom stereocenters. The van der Waals surface area contributed by atoms with Crippen LogP contribution in [-0.2, 0) is 9.59 Å². The summed E-state index contributed by atoms with van der Waals surface area (Å²) in [5.41, 5.74) is 3.66. The first-order valence-corrected chi connectivity index (χ1v) is 10.9. The van der Waals surface area contributed by atoms with Gasteiger partial charge in [-0.05, 0) is 55.7 Å². The highest BCUT2D eigenvalue weighted by atomic mass is 32.2. The van der Waals surface area contributed by atoms with Crippen LogP contribution in [0.1, 0.15) is 30.9 Å². The van der Waals surface area contributed by atoms with Gasteiger partial charge in [0.2, 0.25) is 11.8 Å². The zero-order valence-electron chi connectivity index (χ0n) is 17.8. The van der Waals surface area contributed by atoms with Gasteiger partial charge in [0.25, 0.3) is 0 Å². The van der Waals surface area contributed by atoms with Crippen LogP contribution in [0, 0.1) is 13.8 Å². The molecule has 158 valence electrons. The SMILES string of the molecule is CCCN1C(=O)[C@@H](CC(=O)Nc2ccccc2OC)SC1=Nc1cc(C)cc(C)c1. The van der Waals surface area contributed by atoms with Gasteiger partial charge in [0.05, 0.1) is 18.5 Å². The molecule has 2 aromatic carbocycles. The van der Waals surface area contributed by atoms with E-state index >= 15 is 0 Å². The van der Waals surface area contributed by atoms with Crippen LogP contribution in [0.4, 0.5) is 11.4 Å². The van der Waals surface area contributed by atoms with Gasteiger partial charge in [-0.15, -0.1) is 0 Å². The van der Waals surface area contributed by atoms with E-state index in [2.05, 4.69) is 11.4 Å². The normalized spacial score (nSPS) is 17.5. The van der Waals surface area contributed by atoms with Gasteiger partial charge >= 0.3 is 0 Å². The summed E-state index contributed by atoms with van der Waals surface area (Å²) in [6, 6.07) is 13.3. The van der Waals surface area contributed by atoms with Crippen LogP contribution in [-0.4, -0.2) is 40.8 Å². The van der Waals surface area contributed by atoms with E-state index in [0.29, 0.717) is 23.1 Å². The zero-order chi connectivity index (χ0) is 21.7. The van der Waals surface area contributed by atoms with Gasteiger partial charge in [0.1, 0.15) is 11.0 Å². The van der Waals surface area contributed by atoms with Crippen molar-refractivity contribution in [3.63, 3.8) is 0 Å². The van der Waals surface area contributed by atoms with E-state index < -0.39 is 5.25 Å². The highest BCUT2D eigenvalue weighted by Gasteiger charge is 2.38. The molecule has 0 spiro atoms. The van der Waals surface area contributed by atoms with Crippen molar-refractivity contribution >= 4 is 40.1 Å². The summed E-state index contributed by atoms with van der Waals surface area (Å²) in [4.78, 5) is 32.0. The molecule has 1 aliphatic rings. The standard InChI is InChI=1S/C23H27N3O3S/c1-5-10-26-22(28)20(14-21(27)25-18-8-6-7-9-19(18)29-4)30-23(26)24-17-12-15(2)11-16(3)13-17/h6-9,11-13,20H,5,10,14H2,1-4H3,(H,25,27)/t20-/m1/s1. The summed E-state index contributed by atoms with van der Waals surface area (Å²) in [5, 5.41) is 3.01. The molecule has 1 aliphatic heterocycles. The predicted molar refractivity (Wildman–Crippen MR) is 123 cm³/mol. The number of ether oxygens (including phenoxy) is 1. The fourth-order valence-corrected chi connectivity index (χ4v) is 4.58. The van der Waals surface area contributed by atoms with E-state index in [1.54, 1.807) is 24.1 Å². The van der Waals surface area contributed by atoms with Crippen LogP contribution in [0.25, 0.3) is 0 Å². The molecule has 0 radical (unpaired) electrons. The molecule has 3 rings (SSSR count). The molecule has 2 aromatic rings. The summed E-state index contributed by atoms with van der Waals surface area (Å²) in [6.07, 6.45) is 0.895. The van der Waals surface area contributed by atoms with Gasteiger partial charge in [-0.3, -0.25) is 14.5 Å². The number of benzene rings is 2. The van der Waals surface area contributed by atoms with Gasteiger partial charge in [-0.1, -0.05) is 36.9 Å². The maximum Gasteiger partial charge on any atom is 0.242 e. The molecule has 1 saturated heterocycles. The lowest BCUT2D eigenvalue weighted by atomic mass is 10.1. The number of para-hydroxylation sites is 2. The number of rotatable bonds is 7. The van der Waals surface area contributed by atoms with E-state index in [1.165, 1.54) is 11.8 Å². The quantitative estimate of drug-likeness (QED) is 0.699. The Bertz CT molecular complexity index is 954. The largest absolute Gasteiger partial charge is 0.495 e. The molecule has 0 saturated carbocycles. The van der Waals surface area contributed by atoms with Crippen molar-refractivity contribution in [2.45, 2.75) is 38.9 Å². The number of carbonyl (C=O) groups is 2. The fourth-order valence-electron chi connectivity index (χ4n) is 3.40. The van der Waals surface area contributed by atoms with Crippen LogP contribution < -0.4 is 10.1 Å². The van der Waals surface area contributed by atoms with Crippen LogP contribution in [0.2, 0.25) is 0 Å². The number of hydrogen-bond acceptors (Lipinski definition) is 5. The van der Waals surface area contributed by atoms with Gasteiger partial charge in [0, 0.05) is 13.0 Å². The van der Waals surface area contributed by atoms with Gasteiger partial charge in [-0.25, -0.2) is 4.99 Å². The number of thioether (sulfide) groups is 1. The average Bonchev–Trinajstić information content (AvgIpc) is 2.96. The second kappa shape index (κ2) is 9.80. The number of carbonyl (C=O) groups excluding carboxylic acids is 2. The molecule has 1 N–H and O–H groups in total. The Morgan fingerprint density at radius 3 is 2.57 bits per heavy atom. The Kier molecular flexibility index (Phi) is 7.15. The predicted octanol–water partition coefficient (Wildman–Crippen LogP) is 4.68. The van der Waals surface area contributed by atoms with Gasteiger partial charge < -0.3 is 10.1 Å². The number of anilines is 1. The highest BCUT2D eigenvalue weighted by Crippen LogP contribution is 2.33. The maximum atomic E-state index is 13.0. The molecule has 0 aliphatic carbocycles. The number of amidine groups is 1. The van der Waals surface area contributed by atoms with Crippen LogP contribution in [0.5, 0.6) is 5.75 Å². The minimum atomic E-state index is -0.490. The third kappa shape index (κ3) is 5.21. The van der Waals surface area contributed by atoms with E-state index in [-0.39, 0.29) is 18.2 Å². The molecule has 7 heteroatoms. The van der Waals surface area contributed by atoms with Crippen LogP contribution >= 0.6 is 11.8 Å². The number of nitrogens with one attached hydrogen (secondary N) is 1. The molecule has 1 heterocycles. The zero-order valence-corrected chi connectivity index (χ0v) is 18.6. The second-order valence-electron chi connectivity index (χ2n) is 7.29. The first-order valence-electron chi connectivity index (χ1n) is 9.99. The van der Waals surface area contributed by atoms with Crippen molar-refractivity contribution < 1.29 is 14.3 Å². The molecule has 2 amide bonds. The first kappa shape index (κ1) is 21.9. The maximum absolute atomic E-state index is 13.0. The lowest BCUT2D eigenvalue weighted by Gasteiger charge is -2.15. The summed E-state index contributed by atoms with van der Waals surface area (Å²) in [5.74, 6) is 0.288. The third-order valence-electron chi connectivity index (χ3n) is 4.65. The third-order valence-corrected chi connectivity index (χ3v) is 5.83. The van der Waals surface area contributed by atoms with Gasteiger partial charge in [0.15, 0.2) is 5.17 Å². The summed E-state index contributed by atoms with van der Waals surface area (Å²) in [6.45, 7) is 6.66. The molecule has 0 bridgehead atoms. The van der Waals surface area contributed by atoms with Crippen molar-refractivity contribution in [1.82, 2.24) is 4.90 Å². The Labute approximate surface area is 181 Å². The number of aliphatic imine (C=N–C) groups is 1. The lowest BCUT2D eigenvalue weighted by Crippen LogP contribution is -2.34. The Balaban J connectivity index is 1.76. The molecule has 6 nitrogen and oxygen atoms in total. The van der Waals surface area contributed by atoms with E-state index in [1.807, 2.05) is 45.0 Å². The number of amides is 2. The summed E-state index contributed by atoms with van der Waals surface area (Å²) in [7, 11) is 1.56. The van der Waals surface area contributed by atoms with Crippen molar-refractivity contribution in [2.75, 3.05) is 19.0 Å². The van der Waals surface area contributed by atoms with Crippen molar-refractivity contribution in [3.8, 4) is 5.75 Å². The first-order chi connectivity index (χ1) is 14.4. The Morgan fingerprint density at radius 2 is 1.90 bits per heavy atom. The molecular weight excluding hydrogens is 398 g/mol. The van der Waals surface area contributed by atoms with E-state index in [0.717, 1.165) is 23.2 Å². The van der Waals surface area contributed by atoms with Crippen molar-refractivity contribution in [3.05, 3.63) is 53.6 Å².